The lowest BCUT2D eigenvalue weighted by Crippen LogP contribution is -2.48. The molecule has 0 aromatic heterocycles. The maximum atomic E-state index is 13.0. The SMILES string of the molecule is CCN1C(=O)C2(CCCCC2)NC1c1cc(C)c(C)cc1C. The molecule has 1 aromatic rings. The Morgan fingerprint density at radius 1 is 1.09 bits per heavy atom. The zero-order valence-electron chi connectivity index (χ0n) is 14.3. The Morgan fingerprint density at radius 2 is 1.73 bits per heavy atom. The number of nitrogens with zero attached hydrogens (tertiary/aromatic N) is 1. The Labute approximate surface area is 134 Å². The van der Waals surface area contributed by atoms with Gasteiger partial charge in [-0.1, -0.05) is 31.4 Å². The van der Waals surface area contributed by atoms with Crippen LogP contribution in [0.15, 0.2) is 12.1 Å². The highest BCUT2D eigenvalue weighted by Crippen LogP contribution is 2.40. The van der Waals surface area contributed by atoms with E-state index in [-0.39, 0.29) is 11.7 Å². The van der Waals surface area contributed by atoms with Crippen LogP contribution < -0.4 is 5.32 Å². The summed E-state index contributed by atoms with van der Waals surface area (Å²) in [6, 6.07) is 4.51. The van der Waals surface area contributed by atoms with Crippen molar-refractivity contribution >= 4 is 5.91 Å². The van der Waals surface area contributed by atoms with Crippen LogP contribution in [0.5, 0.6) is 0 Å². The van der Waals surface area contributed by atoms with Gasteiger partial charge in [0.05, 0.1) is 5.54 Å². The number of benzene rings is 1. The fourth-order valence-electron chi connectivity index (χ4n) is 4.16. The quantitative estimate of drug-likeness (QED) is 0.902. The number of rotatable bonds is 2. The third-order valence-corrected chi connectivity index (χ3v) is 5.62. The van der Waals surface area contributed by atoms with Crippen molar-refractivity contribution in [2.75, 3.05) is 6.54 Å². The van der Waals surface area contributed by atoms with Crippen LogP contribution in [0, 0.1) is 20.8 Å². The predicted octanol–water partition coefficient (Wildman–Crippen LogP) is 3.77. The Hall–Kier alpha value is -1.35. The first-order valence-corrected chi connectivity index (χ1v) is 8.65. The van der Waals surface area contributed by atoms with Gasteiger partial charge in [0.2, 0.25) is 5.91 Å². The Bertz CT molecular complexity index is 587. The minimum absolute atomic E-state index is 0.0369. The maximum absolute atomic E-state index is 13.0. The molecule has 0 radical (unpaired) electrons. The van der Waals surface area contributed by atoms with Crippen molar-refractivity contribution in [2.45, 2.75) is 71.5 Å². The minimum Gasteiger partial charge on any atom is -0.322 e. The average molecular weight is 300 g/mol. The lowest BCUT2D eigenvalue weighted by atomic mass is 9.81. The number of nitrogens with one attached hydrogen (secondary N) is 1. The van der Waals surface area contributed by atoms with Crippen LogP contribution in [0.4, 0.5) is 0 Å². The van der Waals surface area contributed by atoms with Gasteiger partial charge in [-0.25, -0.2) is 0 Å². The smallest absolute Gasteiger partial charge is 0.244 e. The monoisotopic (exact) mass is 300 g/mol. The van der Waals surface area contributed by atoms with Gasteiger partial charge in [0.1, 0.15) is 6.17 Å². The molecule has 120 valence electrons. The van der Waals surface area contributed by atoms with Crippen molar-refractivity contribution in [3.05, 3.63) is 34.4 Å². The van der Waals surface area contributed by atoms with Crippen molar-refractivity contribution in [1.82, 2.24) is 10.2 Å². The molecule has 3 nitrogen and oxygen atoms in total. The second-order valence-corrected chi connectivity index (χ2v) is 7.07. The van der Waals surface area contributed by atoms with E-state index < -0.39 is 0 Å². The molecule has 2 fully saturated rings. The van der Waals surface area contributed by atoms with Crippen molar-refractivity contribution < 1.29 is 4.79 Å². The van der Waals surface area contributed by atoms with Gasteiger partial charge in [0.25, 0.3) is 0 Å². The summed E-state index contributed by atoms with van der Waals surface area (Å²) in [4.78, 5) is 15.1. The fraction of sp³-hybridized carbons (Fsp3) is 0.632. The van der Waals surface area contributed by atoms with Crippen molar-refractivity contribution in [3.63, 3.8) is 0 Å². The van der Waals surface area contributed by atoms with E-state index >= 15 is 0 Å². The van der Waals surface area contributed by atoms with E-state index in [1.54, 1.807) is 0 Å². The summed E-state index contributed by atoms with van der Waals surface area (Å²) in [7, 11) is 0. The molecule has 0 bridgehead atoms. The van der Waals surface area contributed by atoms with E-state index in [0.29, 0.717) is 5.91 Å². The van der Waals surface area contributed by atoms with Gasteiger partial charge >= 0.3 is 0 Å². The molecule has 1 spiro atoms. The van der Waals surface area contributed by atoms with E-state index in [0.717, 1.165) is 32.2 Å². The number of likely N-dealkylation sites (N-methyl/N-ethyl adjacent to an activating group) is 1. The van der Waals surface area contributed by atoms with Gasteiger partial charge in [-0.2, -0.15) is 0 Å². The first-order valence-electron chi connectivity index (χ1n) is 8.65. The second kappa shape index (κ2) is 5.69. The first-order chi connectivity index (χ1) is 10.5. The lowest BCUT2D eigenvalue weighted by Gasteiger charge is -2.31. The van der Waals surface area contributed by atoms with Gasteiger partial charge in [0.15, 0.2) is 0 Å². The van der Waals surface area contributed by atoms with Gasteiger partial charge in [-0.3, -0.25) is 10.1 Å². The molecule has 3 rings (SSSR count). The van der Waals surface area contributed by atoms with Crippen molar-refractivity contribution in [1.29, 1.82) is 0 Å². The van der Waals surface area contributed by atoms with E-state index in [9.17, 15) is 4.79 Å². The molecule has 1 unspecified atom stereocenters. The summed E-state index contributed by atoms with van der Waals surface area (Å²) in [5.74, 6) is 0.317. The summed E-state index contributed by atoms with van der Waals surface area (Å²) < 4.78 is 0. The third-order valence-electron chi connectivity index (χ3n) is 5.62. The third kappa shape index (κ3) is 2.36. The number of aryl methyl sites for hydroxylation is 3. The molecule has 1 atom stereocenters. The molecule has 1 aromatic carbocycles. The van der Waals surface area contributed by atoms with Crippen molar-refractivity contribution in [3.8, 4) is 0 Å². The van der Waals surface area contributed by atoms with Gasteiger partial charge in [0, 0.05) is 6.54 Å². The Balaban J connectivity index is 2.00. The van der Waals surface area contributed by atoms with Crippen molar-refractivity contribution in [2.24, 2.45) is 0 Å². The van der Waals surface area contributed by atoms with Gasteiger partial charge < -0.3 is 4.90 Å². The van der Waals surface area contributed by atoms with Gasteiger partial charge in [-0.15, -0.1) is 0 Å². The molecule has 1 saturated carbocycles. The maximum Gasteiger partial charge on any atom is 0.244 e. The summed E-state index contributed by atoms with van der Waals surface area (Å²) in [5, 5.41) is 3.74. The molecular formula is C19H28N2O. The van der Waals surface area contributed by atoms with Crippen LogP contribution in [0.2, 0.25) is 0 Å². The predicted molar refractivity (Wildman–Crippen MR) is 89.7 cm³/mol. The largest absolute Gasteiger partial charge is 0.322 e. The van der Waals surface area contributed by atoms with Crippen LogP contribution in [-0.2, 0) is 4.79 Å². The minimum atomic E-state index is -0.301. The summed E-state index contributed by atoms with van der Waals surface area (Å²) >= 11 is 0. The lowest BCUT2D eigenvalue weighted by molar-refractivity contribution is -0.134. The number of hydrogen-bond donors (Lipinski definition) is 1. The molecule has 1 amide bonds. The second-order valence-electron chi connectivity index (χ2n) is 7.07. The molecular weight excluding hydrogens is 272 g/mol. The standard InChI is InChI=1S/C19H28N2O/c1-5-21-17(16-12-14(3)13(2)11-15(16)4)20-19(18(21)22)9-7-6-8-10-19/h11-12,17,20H,5-10H2,1-4H3. The first kappa shape index (κ1) is 15.5. The topological polar surface area (TPSA) is 32.3 Å². The number of amides is 1. The molecule has 1 aliphatic carbocycles. The molecule has 3 heteroatoms. The molecule has 1 aliphatic heterocycles. The van der Waals surface area contributed by atoms with Crippen LogP contribution >= 0.6 is 0 Å². The zero-order valence-corrected chi connectivity index (χ0v) is 14.3. The molecule has 1 N–H and O–H groups in total. The Kier molecular flexibility index (Phi) is 4.02. The highest BCUT2D eigenvalue weighted by Gasteiger charge is 2.51. The number of hydrogen-bond acceptors (Lipinski definition) is 2. The fourth-order valence-corrected chi connectivity index (χ4v) is 4.16. The van der Waals surface area contributed by atoms with E-state index in [1.807, 2.05) is 4.90 Å². The summed E-state index contributed by atoms with van der Waals surface area (Å²) in [6.07, 6.45) is 5.60. The highest BCUT2D eigenvalue weighted by atomic mass is 16.2. The van der Waals surface area contributed by atoms with Crippen LogP contribution in [0.3, 0.4) is 0 Å². The molecule has 1 saturated heterocycles. The molecule has 1 heterocycles. The molecule has 22 heavy (non-hydrogen) atoms. The van der Waals surface area contributed by atoms with E-state index in [2.05, 4.69) is 45.1 Å². The van der Waals surface area contributed by atoms with E-state index in [1.165, 1.54) is 28.7 Å². The number of carbonyl (C=O) groups is 1. The summed E-state index contributed by atoms with van der Waals surface area (Å²) in [5.41, 5.74) is 4.86. The summed E-state index contributed by atoms with van der Waals surface area (Å²) in [6.45, 7) is 9.32. The molecule has 2 aliphatic rings. The van der Waals surface area contributed by atoms with Crippen LogP contribution in [-0.4, -0.2) is 22.9 Å². The van der Waals surface area contributed by atoms with Crippen LogP contribution in [0.25, 0.3) is 0 Å². The van der Waals surface area contributed by atoms with Crippen LogP contribution in [0.1, 0.15) is 67.4 Å². The highest BCUT2D eigenvalue weighted by molar-refractivity contribution is 5.89. The number of carbonyl (C=O) groups excluding carboxylic acids is 1. The zero-order chi connectivity index (χ0) is 15.9. The van der Waals surface area contributed by atoms with Gasteiger partial charge in [-0.05, 0) is 62.8 Å². The Morgan fingerprint density at radius 3 is 2.36 bits per heavy atom. The normalized spacial score (nSPS) is 24.3. The van der Waals surface area contributed by atoms with E-state index in [4.69, 9.17) is 0 Å². The average Bonchev–Trinajstić information content (AvgIpc) is 2.76.